The molecule has 0 amide bonds. The van der Waals surface area contributed by atoms with Crippen molar-refractivity contribution >= 4 is 5.96 Å². The molecule has 0 aromatic heterocycles. The molecule has 1 aromatic rings. The Balaban J connectivity index is 2.40. The molecule has 0 bridgehead atoms. The van der Waals surface area contributed by atoms with Gasteiger partial charge in [-0.3, -0.25) is 4.99 Å². The average Bonchev–Trinajstić information content (AvgIpc) is 2.52. The van der Waals surface area contributed by atoms with Gasteiger partial charge in [0.1, 0.15) is 5.75 Å². The van der Waals surface area contributed by atoms with E-state index in [2.05, 4.69) is 41.6 Å². The fourth-order valence-corrected chi connectivity index (χ4v) is 1.80. The molecule has 0 spiro atoms. The summed E-state index contributed by atoms with van der Waals surface area (Å²) in [6.45, 7) is 9.86. The van der Waals surface area contributed by atoms with Crippen molar-refractivity contribution in [1.29, 1.82) is 0 Å². The third-order valence-corrected chi connectivity index (χ3v) is 2.91. The molecule has 2 N–H and O–H groups in total. The number of nitrogens with zero attached hydrogens (tertiary/aromatic N) is 1. The van der Waals surface area contributed by atoms with Gasteiger partial charge in [-0.2, -0.15) is 0 Å². The van der Waals surface area contributed by atoms with Gasteiger partial charge in [0, 0.05) is 26.7 Å². The van der Waals surface area contributed by atoms with E-state index in [-0.39, 0.29) is 0 Å². The van der Waals surface area contributed by atoms with Crippen LogP contribution in [0.5, 0.6) is 5.75 Å². The molecule has 0 atom stereocenters. The lowest BCUT2D eigenvalue weighted by molar-refractivity contribution is 0.152. The van der Waals surface area contributed by atoms with Crippen molar-refractivity contribution in [2.45, 2.75) is 27.3 Å². The molecule has 5 nitrogen and oxygen atoms in total. The molecule has 0 radical (unpaired) electrons. The van der Waals surface area contributed by atoms with Crippen LogP contribution in [-0.4, -0.2) is 39.4 Å². The zero-order valence-electron chi connectivity index (χ0n) is 14.2. The first kappa shape index (κ1) is 18.3. The van der Waals surface area contributed by atoms with Crippen molar-refractivity contribution in [2.24, 2.45) is 10.9 Å². The summed E-state index contributed by atoms with van der Waals surface area (Å²) in [7, 11) is 1.76. The molecule has 0 saturated heterocycles. The first-order valence-corrected chi connectivity index (χ1v) is 7.89. The molecule has 0 aliphatic carbocycles. The third kappa shape index (κ3) is 7.88. The van der Waals surface area contributed by atoms with Gasteiger partial charge in [0.25, 0.3) is 0 Å². The van der Waals surface area contributed by atoms with Crippen molar-refractivity contribution < 1.29 is 9.47 Å². The number of nitrogens with one attached hydrogen (secondary N) is 2. The van der Waals surface area contributed by atoms with Crippen LogP contribution in [0.4, 0.5) is 0 Å². The van der Waals surface area contributed by atoms with E-state index in [0.717, 1.165) is 37.0 Å². The molecule has 0 aliphatic heterocycles. The molecule has 1 aromatic carbocycles. The van der Waals surface area contributed by atoms with Gasteiger partial charge in [-0.25, -0.2) is 0 Å². The predicted octanol–water partition coefficient (Wildman–Crippen LogP) is 2.42. The molecule has 0 saturated carbocycles. The van der Waals surface area contributed by atoms with Crippen molar-refractivity contribution in [1.82, 2.24) is 10.6 Å². The van der Waals surface area contributed by atoms with E-state index in [1.807, 2.05) is 19.1 Å². The number of hydrogen-bond acceptors (Lipinski definition) is 3. The highest BCUT2D eigenvalue weighted by Gasteiger charge is 2.01. The maximum absolute atomic E-state index is 5.74. The Hall–Kier alpha value is -1.75. The first-order valence-electron chi connectivity index (χ1n) is 7.89. The van der Waals surface area contributed by atoms with Crippen LogP contribution >= 0.6 is 0 Å². The van der Waals surface area contributed by atoms with Crippen LogP contribution in [0.2, 0.25) is 0 Å². The van der Waals surface area contributed by atoms with Crippen LogP contribution in [0.15, 0.2) is 29.3 Å². The van der Waals surface area contributed by atoms with E-state index >= 15 is 0 Å². The fourth-order valence-electron chi connectivity index (χ4n) is 1.80. The summed E-state index contributed by atoms with van der Waals surface area (Å²) in [5, 5.41) is 6.49. The zero-order chi connectivity index (χ0) is 16.2. The monoisotopic (exact) mass is 307 g/mol. The summed E-state index contributed by atoms with van der Waals surface area (Å²) in [6.07, 6.45) is 0. The smallest absolute Gasteiger partial charge is 0.191 e. The first-order chi connectivity index (χ1) is 10.7. The lowest BCUT2D eigenvalue weighted by Crippen LogP contribution is -2.38. The van der Waals surface area contributed by atoms with E-state index in [4.69, 9.17) is 9.47 Å². The molecule has 0 fully saturated rings. The Morgan fingerprint density at radius 3 is 2.77 bits per heavy atom. The van der Waals surface area contributed by atoms with Gasteiger partial charge in [0.05, 0.1) is 13.2 Å². The number of rotatable bonds is 9. The Morgan fingerprint density at radius 1 is 1.27 bits per heavy atom. The number of hydrogen-bond donors (Lipinski definition) is 2. The average molecular weight is 307 g/mol. The zero-order valence-corrected chi connectivity index (χ0v) is 14.2. The van der Waals surface area contributed by atoms with Gasteiger partial charge < -0.3 is 20.1 Å². The summed E-state index contributed by atoms with van der Waals surface area (Å²) in [5.74, 6) is 2.20. The maximum atomic E-state index is 5.74. The fraction of sp³-hybridized carbons (Fsp3) is 0.588. The molecule has 5 heteroatoms. The molecule has 1 rings (SSSR count). The minimum absolute atomic E-state index is 0.523. The number of benzene rings is 1. The molecule has 22 heavy (non-hydrogen) atoms. The molecule has 0 heterocycles. The summed E-state index contributed by atoms with van der Waals surface area (Å²) < 4.78 is 11.0. The van der Waals surface area contributed by atoms with E-state index in [1.54, 1.807) is 7.05 Å². The van der Waals surface area contributed by atoms with Crippen molar-refractivity contribution in [3.8, 4) is 5.75 Å². The van der Waals surface area contributed by atoms with E-state index < -0.39 is 0 Å². The number of aliphatic imine (C=N–C) groups is 1. The molecular weight excluding hydrogens is 278 g/mol. The van der Waals surface area contributed by atoms with Crippen LogP contribution in [0.3, 0.4) is 0 Å². The van der Waals surface area contributed by atoms with Gasteiger partial charge in [-0.05, 0) is 30.5 Å². The van der Waals surface area contributed by atoms with Crippen molar-refractivity contribution in [2.75, 3.05) is 33.4 Å². The predicted molar refractivity (Wildman–Crippen MR) is 91.5 cm³/mol. The number of ether oxygens (including phenoxy) is 2. The van der Waals surface area contributed by atoms with Crippen LogP contribution in [0, 0.1) is 5.92 Å². The van der Waals surface area contributed by atoms with Crippen LogP contribution in [0.25, 0.3) is 0 Å². The molecule has 124 valence electrons. The number of guanidine groups is 1. The summed E-state index contributed by atoms with van der Waals surface area (Å²) in [6, 6.07) is 8.13. The van der Waals surface area contributed by atoms with Gasteiger partial charge in [0.15, 0.2) is 5.96 Å². The second kappa shape index (κ2) is 10.9. The Kier molecular flexibility index (Phi) is 9.07. The van der Waals surface area contributed by atoms with Crippen molar-refractivity contribution in [3.63, 3.8) is 0 Å². The lowest BCUT2D eigenvalue weighted by atomic mass is 10.2. The van der Waals surface area contributed by atoms with Gasteiger partial charge >= 0.3 is 0 Å². The quantitative estimate of drug-likeness (QED) is 0.418. The summed E-state index contributed by atoms with van der Waals surface area (Å²) in [4.78, 5) is 4.19. The topological polar surface area (TPSA) is 54.9 Å². The van der Waals surface area contributed by atoms with E-state index in [9.17, 15) is 0 Å². The highest BCUT2D eigenvalue weighted by atomic mass is 16.5. The minimum atomic E-state index is 0.523. The van der Waals surface area contributed by atoms with Gasteiger partial charge in [-0.15, -0.1) is 0 Å². The van der Waals surface area contributed by atoms with Crippen LogP contribution < -0.4 is 15.4 Å². The van der Waals surface area contributed by atoms with Crippen LogP contribution in [0.1, 0.15) is 26.3 Å². The Labute approximate surface area is 134 Å². The van der Waals surface area contributed by atoms with Gasteiger partial charge in [0.2, 0.25) is 0 Å². The summed E-state index contributed by atoms with van der Waals surface area (Å²) in [5.41, 5.74) is 1.16. The van der Waals surface area contributed by atoms with E-state index in [1.165, 1.54) is 0 Å². The maximum Gasteiger partial charge on any atom is 0.191 e. The summed E-state index contributed by atoms with van der Waals surface area (Å²) >= 11 is 0. The Bertz CT molecular complexity index is 447. The lowest BCUT2D eigenvalue weighted by Gasteiger charge is -2.13. The third-order valence-electron chi connectivity index (χ3n) is 2.91. The normalized spacial score (nSPS) is 11.6. The standard InChI is InChI=1S/C17H29N3O2/c1-5-21-10-9-19-17(18-4)20-12-15-7-6-8-16(11-15)22-13-14(2)3/h6-8,11,14H,5,9-10,12-13H2,1-4H3,(H2,18,19,20). The molecule has 0 unspecified atom stereocenters. The molecule has 0 aliphatic rings. The van der Waals surface area contributed by atoms with E-state index in [0.29, 0.717) is 19.1 Å². The van der Waals surface area contributed by atoms with Crippen molar-refractivity contribution in [3.05, 3.63) is 29.8 Å². The Morgan fingerprint density at radius 2 is 2.09 bits per heavy atom. The SMILES string of the molecule is CCOCCNC(=NC)NCc1cccc(OCC(C)C)c1. The second-order valence-corrected chi connectivity index (χ2v) is 5.40. The minimum Gasteiger partial charge on any atom is -0.493 e. The largest absolute Gasteiger partial charge is 0.493 e. The second-order valence-electron chi connectivity index (χ2n) is 5.40. The highest BCUT2D eigenvalue weighted by molar-refractivity contribution is 5.79. The van der Waals surface area contributed by atoms with Crippen LogP contribution in [-0.2, 0) is 11.3 Å². The molecular formula is C17H29N3O2. The van der Waals surface area contributed by atoms with Gasteiger partial charge in [-0.1, -0.05) is 26.0 Å². The highest BCUT2D eigenvalue weighted by Crippen LogP contribution is 2.14.